The van der Waals surface area contributed by atoms with Gasteiger partial charge in [0.2, 0.25) is 0 Å². The molecule has 0 aromatic carbocycles. The van der Waals surface area contributed by atoms with Crippen LogP contribution in [0.2, 0.25) is 0 Å². The molecule has 0 radical (unpaired) electrons. The summed E-state index contributed by atoms with van der Waals surface area (Å²) in [5.74, 6) is 3.07. The molecule has 0 N–H and O–H groups in total. The molecule has 0 aromatic heterocycles. The summed E-state index contributed by atoms with van der Waals surface area (Å²) in [6.07, 6.45) is 11.3. The van der Waals surface area contributed by atoms with E-state index in [1.165, 1.54) is 18.4 Å². The van der Waals surface area contributed by atoms with E-state index >= 15 is 0 Å². The largest absolute Gasteiger partial charge is 0.300 e. The standard InChI is InChI=1S/C16H22O2/c17-15-6-3-11(4-7-15)12-1-2-14-10-16(18)8-5-13(14)9-12/h10-13H,1-9H2. The van der Waals surface area contributed by atoms with E-state index in [0.29, 0.717) is 17.5 Å². The van der Waals surface area contributed by atoms with Gasteiger partial charge >= 0.3 is 0 Å². The van der Waals surface area contributed by atoms with Gasteiger partial charge in [0.25, 0.3) is 0 Å². The zero-order valence-corrected chi connectivity index (χ0v) is 11.0. The average Bonchev–Trinajstić information content (AvgIpc) is 2.39. The third-order valence-corrected chi connectivity index (χ3v) is 5.26. The van der Waals surface area contributed by atoms with Crippen LogP contribution in [-0.4, -0.2) is 11.6 Å². The Morgan fingerprint density at radius 2 is 1.56 bits per heavy atom. The molecule has 3 aliphatic carbocycles. The molecule has 98 valence electrons. The minimum atomic E-state index is 0.336. The number of fused-ring (bicyclic) bond motifs is 1. The fourth-order valence-electron chi connectivity index (χ4n) is 4.14. The van der Waals surface area contributed by atoms with E-state index < -0.39 is 0 Å². The number of hydrogen-bond acceptors (Lipinski definition) is 2. The second-order valence-corrected chi connectivity index (χ2v) is 6.33. The fourth-order valence-corrected chi connectivity index (χ4v) is 4.14. The van der Waals surface area contributed by atoms with Gasteiger partial charge in [0.1, 0.15) is 5.78 Å². The van der Waals surface area contributed by atoms with Crippen LogP contribution in [0.5, 0.6) is 0 Å². The van der Waals surface area contributed by atoms with Crippen molar-refractivity contribution in [1.29, 1.82) is 0 Å². The van der Waals surface area contributed by atoms with Crippen LogP contribution in [-0.2, 0) is 9.59 Å². The van der Waals surface area contributed by atoms with E-state index in [-0.39, 0.29) is 0 Å². The summed E-state index contributed by atoms with van der Waals surface area (Å²) in [4.78, 5) is 22.7. The molecule has 2 heteroatoms. The summed E-state index contributed by atoms with van der Waals surface area (Å²) in [5.41, 5.74) is 1.43. The number of rotatable bonds is 1. The average molecular weight is 246 g/mol. The van der Waals surface area contributed by atoms with Crippen LogP contribution in [0, 0.1) is 17.8 Å². The molecule has 0 spiro atoms. The second-order valence-electron chi connectivity index (χ2n) is 6.33. The van der Waals surface area contributed by atoms with Gasteiger partial charge in [-0.3, -0.25) is 9.59 Å². The second kappa shape index (κ2) is 4.99. The van der Waals surface area contributed by atoms with E-state index in [1.54, 1.807) is 0 Å². The zero-order chi connectivity index (χ0) is 12.5. The molecule has 0 amide bonds. The summed E-state index contributed by atoms with van der Waals surface area (Å²) in [6.45, 7) is 0. The molecule has 2 unspecified atom stereocenters. The summed E-state index contributed by atoms with van der Waals surface area (Å²) < 4.78 is 0. The first-order chi connectivity index (χ1) is 8.72. The van der Waals surface area contributed by atoms with Crippen molar-refractivity contribution >= 4 is 11.6 Å². The highest BCUT2D eigenvalue weighted by atomic mass is 16.1. The summed E-state index contributed by atoms with van der Waals surface area (Å²) >= 11 is 0. The fraction of sp³-hybridized carbons (Fsp3) is 0.750. The van der Waals surface area contributed by atoms with E-state index in [0.717, 1.165) is 56.8 Å². The van der Waals surface area contributed by atoms with Crippen LogP contribution in [0.1, 0.15) is 57.8 Å². The number of Topliss-reactive ketones (excluding diaryl/α,β-unsaturated/α-hetero) is 1. The third-order valence-electron chi connectivity index (χ3n) is 5.26. The topological polar surface area (TPSA) is 34.1 Å². The Morgan fingerprint density at radius 3 is 2.33 bits per heavy atom. The molecular weight excluding hydrogens is 224 g/mol. The molecular formula is C16H22O2. The SMILES string of the molecule is O=C1C=C2CCC(C3CCC(=O)CC3)CC2CC1. The molecule has 3 rings (SSSR count). The number of carbonyl (C=O) groups is 2. The summed E-state index contributed by atoms with van der Waals surface area (Å²) in [7, 11) is 0. The predicted molar refractivity (Wildman–Crippen MR) is 70.1 cm³/mol. The van der Waals surface area contributed by atoms with Crippen molar-refractivity contribution in [2.45, 2.75) is 57.8 Å². The van der Waals surface area contributed by atoms with E-state index in [1.807, 2.05) is 6.08 Å². The zero-order valence-electron chi connectivity index (χ0n) is 11.0. The van der Waals surface area contributed by atoms with Gasteiger partial charge < -0.3 is 0 Å². The van der Waals surface area contributed by atoms with Gasteiger partial charge in [-0.2, -0.15) is 0 Å². The van der Waals surface area contributed by atoms with Crippen molar-refractivity contribution < 1.29 is 9.59 Å². The van der Waals surface area contributed by atoms with Crippen LogP contribution >= 0.6 is 0 Å². The monoisotopic (exact) mass is 246 g/mol. The van der Waals surface area contributed by atoms with E-state index in [4.69, 9.17) is 0 Å². The first-order valence-electron chi connectivity index (χ1n) is 7.47. The molecule has 0 aromatic rings. The number of allylic oxidation sites excluding steroid dienone is 2. The Balaban J connectivity index is 1.62. The molecule has 3 aliphatic rings. The minimum absolute atomic E-state index is 0.336. The van der Waals surface area contributed by atoms with E-state index in [2.05, 4.69) is 0 Å². The first kappa shape index (κ1) is 12.1. The molecule has 0 bridgehead atoms. The third kappa shape index (κ3) is 2.43. The van der Waals surface area contributed by atoms with Gasteiger partial charge in [-0.25, -0.2) is 0 Å². The van der Waals surface area contributed by atoms with Gasteiger partial charge in [-0.1, -0.05) is 5.57 Å². The lowest BCUT2D eigenvalue weighted by molar-refractivity contribution is -0.121. The molecule has 2 saturated carbocycles. The number of carbonyl (C=O) groups excluding carboxylic acids is 2. The minimum Gasteiger partial charge on any atom is -0.300 e. The van der Waals surface area contributed by atoms with Crippen LogP contribution < -0.4 is 0 Å². The molecule has 0 heterocycles. The smallest absolute Gasteiger partial charge is 0.155 e. The molecule has 2 fully saturated rings. The van der Waals surface area contributed by atoms with Crippen LogP contribution in [0.4, 0.5) is 0 Å². The van der Waals surface area contributed by atoms with Crippen LogP contribution in [0.15, 0.2) is 11.6 Å². The summed E-state index contributed by atoms with van der Waals surface area (Å²) in [6, 6.07) is 0. The number of hydrogen-bond donors (Lipinski definition) is 0. The Bertz CT molecular complexity index is 384. The maximum absolute atomic E-state index is 11.4. The van der Waals surface area contributed by atoms with Gasteiger partial charge in [0.05, 0.1) is 0 Å². The van der Waals surface area contributed by atoms with Gasteiger partial charge in [-0.05, 0) is 62.4 Å². The highest BCUT2D eigenvalue weighted by Crippen LogP contribution is 2.44. The van der Waals surface area contributed by atoms with Crippen molar-refractivity contribution in [3.8, 4) is 0 Å². The Labute approximate surface area is 109 Å². The molecule has 2 nitrogen and oxygen atoms in total. The Morgan fingerprint density at radius 1 is 0.833 bits per heavy atom. The quantitative estimate of drug-likeness (QED) is 0.710. The Hall–Kier alpha value is -0.920. The predicted octanol–water partition coefficient (Wildman–Crippen LogP) is 3.45. The van der Waals surface area contributed by atoms with Gasteiger partial charge in [0.15, 0.2) is 5.78 Å². The molecule has 18 heavy (non-hydrogen) atoms. The molecule has 0 saturated heterocycles. The molecule has 2 atom stereocenters. The Kier molecular flexibility index (Phi) is 3.36. The van der Waals surface area contributed by atoms with E-state index in [9.17, 15) is 9.59 Å². The van der Waals surface area contributed by atoms with Crippen LogP contribution in [0.3, 0.4) is 0 Å². The lowest BCUT2D eigenvalue weighted by Crippen LogP contribution is -2.29. The first-order valence-corrected chi connectivity index (χ1v) is 7.47. The molecule has 0 aliphatic heterocycles. The lowest BCUT2D eigenvalue weighted by atomic mass is 9.66. The van der Waals surface area contributed by atoms with Crippen molar-refractivity contribution in [2.75, 3.05) is 0 Å². The highest BCUT2D eigenvalue weighted by molar-refractivity contribution is 5.91. The van der Waals surface area contributed by atoms with Crippen molar-refractivity contribution in [1.82, 2.24) is 0 Å². The normalized spacial score (nSPS) is 34.1. The van der Waals surface area contributed by atoms with Crippen molar-refractivity contribution in [3.05, 3.63) is 11.6 Å². The van der Waals surface area contributed by atoms with Gasteiger partial charge in [-0.15, -0.1) is 0 Å². The van der Waals surface area contributed by atoms with Crippen molar-refractivity contribution in [2.24, 2.45) is 17.8 Å². The maximum atomic E-state index is 11.4. The van der Waals surface area contributed by atoms with Gasteiger partial charge in [0, 0.05) is 19.3 Å². The van der Waals surface area contributed by atoms with Crippen molar-refractivity contribution in [3.63, 3.8) is 0 Å². The lowest BCUT2D eigenvalue weighted by Gasteiger charge is -2.38. The van der Waals surface area contributed by atoms with Crippen LogP contribution in [0.25, 0.3) is 0 Å². The maximum Gasteiger partial charge on any atom is 0.155 e. The summed E-state index contributed by atoms with van der Waals surface area (Å²) in [5, 5.41) is 0. The number of ketones is 2. The highest BCUT2D eigenvalue weighted by Gasteiger charge is 2.34.